The Bertz CT molecular complexity index is 850. The number of carboxylic acid groups (broad SMARTS) is 1. The van der Waals surface area contributed by atoms with Crippen LogP contribution in [0, 0.1) is 0 Å². The third-order valence-corrected chi connectivity index (χ3v) is 4.58. The Balaban J connectivity index is 1.50. The number of carbonyl (C=O) groups is 1. The maximum Gasteiger partial charge on any atom is 0.304 e. The molecule has 2 aliphatic heterocycles. The van der Waals surface area contributed by atoms with Gasteiger partial charge >= 0.3 is 5.97 Å². The highest BCUT2D eigenvalue weighted by Crippen LogP contribution is 2.40. The zero-order valence-corrected chi connectivity index (χ0v) is 14.6. The molecule has 0 spiro atoms. The van der Waals surface area contributed by atoms with Gasteiger partial charge in [-0.25, -0.2) is 0 Å². The summed E-state index contributed by atoms with van der Waals surface area (Å²) in [6.07, 6.45) is 0.0548. The summed E-state index contributed by atoms with van der Waals surface area (Å²) < 4.78 is 22.7. The predicted molar refractivity (Wildman–Crippen MR) is 93.7 cm³/mol. The first-order valence-corrected chi connectivity index (χ1v) is 8.67. The lowest BCUT2D eigenvalue weighted by molar-refractivity contribution is -0.137. The summed E-state index contributed by atoms with van der Waals surface area (Å²) in [5.74, 6) is 1.61. The van der Waals surface area contributed by atoms with E-state index in [1.807, 2.05) is 12.1 Å². The molecule has 1 atom stereocenters. The molecule has 2 aliphatic rings. The van der Waals surface area contributed by atoms with E-state index in [9.17, 15) is 4.79 Å². The number of ether oxygens (including phenoxy) is 4. The first-order chi connectivity index (χ1) is 12.6. The van der Waals surface area contributed by atoms with Crippen molar-refractivity contribution in [1.29, 1.82) is 0 Å². The van der Waals surface area contributed by atoms with Crippen molar-refractivity contribution in [2.75, 3.05) is 19.8 Å². The minimum Gasteiger partial charge on any atom is -0.492 e. The van der Waals surface area contributed by atoms with Gasteiger partial charge in [0.15, 0.2) is 11.5 Å². The van der Waals surface area contributed by atoms with Gasteiger partial charge in [-0.15, -0.1) is 0 Å². The number of fused-ring (bicyclic) bond motifs is 2. The van der Waals surface area contributed by atoms with Crippen LogP contribution >= 0.6 is 11.6 Å². The summed E-state index contributed by atoms with van der Waals surface area (Å²) in [5, 5.41) is 9.53. The highest BCUT2D eigenvalue weighted by atomic mass is 35.5. The van der Waals surface area contributed by atoms with Gasteiger partial charge in [-0.2, -0.15) is 0 Å². The molecule has 0 aliphatic carbocycles. The molecule has 0 saturated heterocycles. The van der Waals surface area contributed by atoms with Gasteiger partial charge in [0, 0.05) is 34.2 Å². The number of rotatable bonds is 5. The third kappa shape index (κ3) is 3.37. The molecule has 7 heteroatoms. The van der Waals surface area contributed by atoms with Crippen LogP contribution in [0.15, 0.2) is 30.3 Å². The normalized spacial score (nSPS) is 17.3. The summed E-state index contributed by atoms with van der Waals surface area (Å²) in [4.78, 5) is 10.9. The molecule has 0 amide bonds. The smallest absolute Gasteiger partial charge is 0.304 e. The number of aliphatic carboxylic acids is 1. The third-order valence-electron chi connectivity index (χ3n) is 4.36. The summed E-state index contributed by atoms with van der Waals surface area (Å²) >= 11 is 6.14. The molecule has 2 heterocycles. The minimum absolute atomic E-state index is 0.0548. The van der Waals surface area contributed by atoms with Crippen molar-refractivity contribution in [3.05, 3.63) is 46.5 Å². The summed E-state index contributed by atoms with van der Waals surface area (Å²) in [7, 11) is 0. The van der Waals surface area contributed by atoms with Gasteiger partial charge in [0.1, 0.15) is 31.3 Å². The van der Waals surface area contributed by atoms with Crippen LogP contribution in [0.4, 0.5) is 0 Å². The van der Waals surface area contributed by atoms with Gasteiger partial charge in [0.25, 0.3) is 0 Å². The van der Waals surface area contributed by atoms with Crippen molar-refractivity contribution in [3.63, 3.8) is 0 Å². The number of hydrogen-bond donors (Lipinski definition) is 1. The van der Waals surface area contributed by atoms with Crippen LogP contribution in [0.5, 0.6) is 23.0 Å². The van der Waals surface area contributed by atoms with E-state index in [-0.39, 0.29) is 18.9 Å². The Kier molecular flexibility index (Phi) is 4.51. The van der Waals surface area contributed by atoms with Gasteiger partial charge in [-0.1, -0.05) is 17.7 Å². The lowest BCUT2D eigenvalue weighted by atomic mass is 9.98. The molecule has 0 fully saturated rings. The molecule has 0 bridgehead atoms. The molecule has 0 saturated carbocycles. The number of benzene rings is 2. The van der Waals surface area contributed by atoms with E-state index in [2.05, 4.69) is 0 Å². The van der Waals surface area contributed by atoms with Crippen molar-refractivity contribution in [2.45, 2.75) is 18.9 Å². The Hall–Kier alpha value is -2.60. The molecule has 136 valence electrons. The second-order valence-corrected chi connectivity index (χ2v) is 6.62. The number of carboxylic acids is 1. The van der Waals surface area contributed by atoms with Gasteiger partial charge in [-0.3, -0.25) is 4.79 Å². The highest BCUT2D eigenvalue weighted by molar-refractivity contribution is 6.30. The lowest BCUT2D eigenvalue weighted by Crippen LogP contribution is -2.17. The average molecular weight is 377 g/mol. The van der Waals surface area contributed by atoms with Crippen LogP contribution in [0.25, 0.3) is 0 Å². The average Bonchev–Trinajstić information content (AvgIpc) is 3.01. The summed E-state index contributed by atoms with van der Waals surface area (Å²) in [5.41, 5.74) is 1.70. The molecule has 0 radical (unpaired) electrons. The van der Waals surface area contributed by atoms with E-state index in [1.165, 1.54) is 0 Å². The van der Waals surface area contributed by atoms with Crippen LogP contribution in [0.3, 0.4) is 0 Å². The second-order valence-electron chi connectivity index (χ2n) is 6.18. The Morgan fingerprint density at radius 2 is 2.00 bits per heavy atom. The van der Waals surface area contributed by atoms with Crippen molar-refractivity contribution >= 4 is 17.6 Å². The molecule has 0 aromatic heterocycles. The van der Waals surface area contributed by atoms with E-state index in [0.29, 0.717) is 47.8 Å². The van der Waals surface area contributed by atoms with Gasteiger partial charge in [0.05, 0.1) is 13.0 Å². The summed E-state index contributed by atoms with van der Waals surface area (Å²) in [6, 6.07) is 8.98. The predicted octanol–water partition coefficient (Wildman–Crippen LogP) is 3.64. The van der Waals surface area contributed by atoms with E-state index in [1.54, 1.807) is 18.2 Å². The van der Waals surface area contributed by atoms with Gasteiger partial charge < -0.3 is 24.1 Å². The Morgan fingerprint density at radius 3 is 2.85 bits per heavy atom. The lowest BCUT2D eigenvalue weighted by Gasteiger charge is -2.21. The number of halogens is 1. The zero-order chi connectivity index (χ0) is 18.1. The number of hydrogen-bond acceptors (Lipinski definition) is 5. The fraction of sp³-hybridized carbons (Fsp3) is 0.316. The molecule has 4 rings (SSSR count). The second kappa shape index (κ2) is 6.96. The quantitative estimate of drug-likeness (QED) is 0.858. The van der Waals surface area contributed by atoms with Crippen molar-refractivity contribution in [3.8, 4) is 23.0 Å². The molecule has 2 aromatic rings. The minimum atomic E-state index is -0.834. The summed E-state index contributed by atoms with van der Waals surface area (Å²) in [6.45, 7) is 1.62. The van der Waals surface area contributed by atoms with Crippen molar-refractivity contribution in [1.82, 2.24) is 0 Å². The van der Waals surface area contributed by atoms with Crippen molar-refractivity contribution < 1.29 is 28.8 Å². The Labute approximate surface area is 155 Å². The molecule has 6 nitrogen and oxygen atoms in total. The molecule has 1 unspecified atom stereocenters. The van der Waals surface area contributed by atoms with Crippen LogP contribution < -0.4 is 18.9 Å². The SMILES string of the molecule is O=C(O)CC1COc2cc(OCc3cc(Cl)cc4c3OCCO4)ccc21. The van der Waals surface area contributed by atoms with Crippen LogP contribution in [0.1, 0.15) is 23.5 Å². The monoisotopic (exact) mass is 376 g/mol. The fourth-order valence-electron chi connectivity index (χ4n) is 3.18. The standard InChI is InChI=1S/C19H17ClO6/c20-13-5-12(19-17(7-13)23-3-4-24-19)10-25-14-1-2-15-11(6-18(21)22)9-26-16(15)8-14/h1-2,5,7-8,11H,3-4,6,9-10H2,(H,21,22). The molecular weight excluding hydrogens is 360 g/mol. The van der Waals surface area contributed by atoms with Gasteiger partial charge in [-0.05, 0) is 12.1 Å². The van der Waals surface area contributed by atoms with Crippen molar-refractivity contribution in [2.24, 2.45) is 0 Å². The van der Waals surface area contributed by atoms with E-state index in [0.717, 1.165) is 11.1 Å². The maximum atomic E-state index is 10.9. The first-order valence-electron chi connectivity index (χ1n) is 8.29. The molecule has 2 aromatic carbocycles. The molecule has 26 heavy (non-hydrogen) atoms. The topological polar surface area (TPSA) is 74.2 Å². The molecule has 1 N–H and O–H groups in total. The molecular formula is C19H17ClO6. The van der Waals surface area contributed by atoms with E-state index >= 15 is 0 Å². The highest BCUT2D eigenvalue weighted by Gasteiger charge is 2.26. The van der Waals surface area contributed by atoms with E-state index < -0.39 is 5.97 Å². The van der Waals surface area contributed by atoms with Crippen LogP contribution in [-0.4, -0.2) is 30.9 Å². The fourth-order valence-corrected chi connectivity index (χ4v) is 3.41. The van der Waals surface area contributed by atoms with Crippen LogP contribution in [-0.2, 0) is 11.4 Å². The van der Waals surface area contributed by atoms with Crippen LogP contribution in [0.2, 0.25) is 5.02 Å². The first kappa shape index (κ1) is 16.8. The van der Waals surface area contributed by atoms with Gasteiger partial charge in [0.2, 0.25) is 0 Å². The van der Waals surface area contributed by atoms with E-state index in [4.69, 9.17) is 35.7 Å². The zero-order valence-electron chi connectivity index (χ0n) is 13.9. The largest absolute Gasteiger partial charge is 0.492 e. The Morgan fingerprint density at radius 1 is 1.15 bits per heavy atom. The maximum absolute atomic E-state index is 10.9.